The standard InChI is InChI=1S/C30H29F3N6O2S/c1-6-23(40)37-12-13-38(17(4)15-37)28-18-14-21(33)26(24-19(31)8-7-9-20(24)32)35-29(18)39(30(41)36-28)27-22(42-5)10-11-34-25(27)16(2)3/h6-11,14,16-17H,1,12-13,15H2,2-5H3/t17-/m0/s1. The van der Waals surface area contributed by atoms with E-state index in [4.69, 9.17) is 0 Å². The van der Waals surface area contributed by atoms with E-state index in [1.54, 1.807) is 17.2 Å². The maximum Gasteiger partial charge on any atom is 0.355 e. The van der Waals surface area contributed by atoms with Crippen LogP contribution in [0.1, 0.15) is 32.4 Å². The smallest absolute Gasteiger partial charge is 0.350 e. The third-order valence-electron chi connectivity index (χ3n) is 7.29. The van der Waals surface area contributed by atoms with Crippen molar-refractivity contribution in [2.75, 3.05) is 30.8 Å². The van der Waals surface area contributed by atoms with Gasteiger partial charge in [0.1, 0.15) is 23.1 Å². The van der Waals surface area contributed by atoms with Crippen LogP contribution in [-0.2, 0) is 4.79 Å². The summed E-state index contributed by atoms with van der Waals surface area (Å²) in [7, 11) is 0. The number of carbonyl (C=O) groups is 1. The number of carbonyl (C=O) groups excluding carboxylic acids is 1. The molecule has 3 aromatic heterocycles. The summed E-state index contributed by atoms with van der Waals surface area (Å²) >= 11 is 1.38. The quantitative estimate of drug-likeness (QED) is 0.221. The fourth-order valence-electron chi connectivity index (χ4n) is 5.29. The number of anilines is 1. The highest BCUT2D eigenvalue weighted by Crippen LogP contribution is 2.36. The van der Waals surface area contributed by atoms with Crippen LogP contribution in [0.25, 0.3) is 28.0 Å². The van der Waals surface area contributed by atoms with E-state index in [0.717, 1.165) is 18.2 Å². The first kappa shape index (κ1) is 29.3. The molecule has 4 aromatic rings. The van der Waals surface area contributed by atoms with Crippen LogP contribution in [0.5, 0.6) is 0 Å². The molecule has 0 saturated carbocycles. The van der Waals surface area contributed by atoms with Crippen molar-refractivity contribution in [2.45, 2.75) is 37.6 Å². The molecule has 0 bridgehead atoms. The maximum absolute atomic E-state index is 15.8. The van der Waals surface area contributed by atoms with E-state index in [9.17, 15) is 18.4 Å². The number of pyridine rings is 2. The summed E-state index contributed by atoms with van der Waals surface area (Å²) in [5, 5.41) is 0.175. The summed E-state index contributed by atoms with van der Waals surface area (Å²) < 4.78 is 46.8. The van der Waals surface area contributed by atoms with Crippen molar-refractivity contribution in [3.63, 3.8) is 0 Å². The number of hydrogen-bond acceptors (Lipinski definition) is 7. The van der Waals surface area contributed by atoms with Gasteiger partial charge in [0.15, 0.2) is 11.5 Å². The summed E-state index contributed by atoms with van der Waals surface area (Å²) in [6.45, 7) is 10.2. The van der Waals surface area contributed by atoms with Crippen LogP contribution in [0.15, 0.2) is 58.9 Å². The number of fused-ring (bicyclic) bond motifs is 1. The average Bonchev–Trinajstić information content (AvgIpc) is 2.96. The van der Waals surface area contributed by atoms with E-state index in [2.05, 4.69) is 21.5 Å². The van der Waals surface area contributed by atoms with E-state index >= 15 is 4.39 Å². The van der Waals surface area contributed by atoms with E-state index < -0.39 is 34.4 Å². The molecular weight excluding hydrogens is 565 g/mol. The molecule has 1 amide bonds. The zero-order chi connectivity index (χ0) is 30.3. The molecule has 0 spiro atoms. The van der Waals surface area contributed by atoms with Gasteiger partial charge in [-0.05, 0) is 49.4 Å². The third-order valence-corrected chi connectivity index (χ3v) is 8.06. The van der Waals surface area contributed by atoms with E-state index in [1.165, 1.54) is 28.5 Å². The molecule has 5 rings (SSSR count). The monoisotopic (exact) mass is 594 g/mol. The predicted octanol–water partition coefficient (Wildman–Crippen LogP) is 5.33. The van der Waals surface area contributed by atoms with Crippen molar-refractivity contribution in [3.05, 3.63) is 82.8 Å². The minimum absolute atomic E-state index is 0.0222. The van der Waals surface area contributed by atoms with E-state index in [0.29, 0.717) is 35.9 Å². The first-order chi connectivity index (χ1) is 20.1. The van der Waals surface area contributed by atoms with Crippen LogP contribution in [0.3, 0.4) is 0 Å². The Morgan fingerprint density at radius 2 is 1.83 bits per heavy atom. The summed E-state index contributed by atoms with van der Waals surface area (Å²) in [5.74, 6) is -3.14. The number of aromatic nitrogens is 4. The molecule has 12 heteroatoms. The number of benzene rings is 1. The van der Waals surface area contributed by atoms with Gasteiger partial charge in [-0.25, -0.2) is 27.5 Å². The van der Waals surface area contributed by atoms with Crippen LogP contribution in [0.4, 0.5) is 19.0 Å². The molecule has 0 radical (unpaired) electrons. The molecule has 218 valence electrons. The Hall–Kier alpha value is -4.19. The van der Waals surface area contributed by atoms with Gasteiger partial charge in [0.25, 0.3) is 0 Å². The second-order valence-corrected chi connectivity index (χ2v) is 11.1. The van der Waals surface area contributed by atoms with Crippen molar-refractivity contribution in [3.8, 4) is 16.9 Å². The molecular formula is C30H29F3N6O2S. The van der Waals surface area contributed by atoms with E-state index in [1.807, 2.05) is 31.9 Å². The molecule has 0 N–H and O–H groups in total. The Morgan fingerprint density at radius 1 is 1.12 bits per heavy atom. The Balaban J connectivity index is 1.85. The average molecular weight is 595 g/mol. The highest BCUT2D eigenvalue weighted by molar-refractivity contribution is 7.98. The summed E-state index contributed by atoms with van der Waals surface area (Å²) in [4.78, 5) is 43.7. The van der Waals surface area contributed by atoms with Crippen molar-refractivity contribution >= 4 is 34.5 Å². The first-order valence-electron chi connectivity index (χ1n) is 13.4. The molecule has 8 nitrogen and oxygen atoms in total. The Labute approximate surface area is 244 Å². The summed E-state index contributed by atoms with van der Waals surface area (Å²) in [6, 6.07) is 5.77. The highest BCUT2D eigenvalue weighted by Gasteiger charge is 2.31. The van der Waals surface area contributed by atoms with Crippen molar-refractivity contribution in [1.29, 1.82) is 0 Å². The summed E-state index contributed by atoms with van der Waals surface area (Å²) in [5.41, 5.74) is -0.945. The molecule has 0 unspecified atom stereocenters. The first-order valence-corrected chi connectivity index (χ1v) is 14.6. The lowest BCUT2D eigenvalue weighted by Crippen LogP contribution is -2.54. The van der Waals surface area contributed by atoms with Gasteiger partial charge in [-0.15, -0.1) is 11.8 Å². The number of halogens is 3. The lowest BCUT2D eigenvalue weighted by atomic mass is 10.1. The largest absolute Gasteiger partial charge is 0.355 e. The number of nitrogens with zero attached hydrogens (tertiary/aromatic N) is 6. The summed E-state index contributed by atoms with van der Waals surface area (Å²) in [6.07, 6.45) is 4.72. The van der Waals surface area contributed by atoms with Gasteiger partial charge in [0.05, 0.1) is 22.3 Å². The van der Waals surface area contributed by atoms with Gasteiger partial charge in [0.2, 0.25) is 5.91 Å². The van der Waals surface area contributed by atoms with Gasteiger partial charge in [0, 0.05) is 36.8 Å². The minimum atomic E-state index is -0.991. The Bertz CT molecular complexity index is 1760. The zero-order valence-electron chi connectivity index (χ0n) is 23.6. The topological polar surface area (TPSA) is 84.2 Å². The number of thioether (sulfide) groups is 1. The molecule has 0 aliphatic carbocycles. The number of rotatable bonds is 6. The van der Waals surface area contributed by atoms with Crippen LogP contribution < -0.4 is 10.6 Å². The van der Waals surface area contributed by atoms with Crippen LogP contribution in [0.2, 0.25) is 0 Å². The van der Waals surface area contributed by atoms with Crippen molar-refractivity contribution in [2.24, 2.45) is 0 Å². The molecule has 1 atom stereocenters. The SMILES string of the molecule is C=CC(=O)N1CCN(c2nc(=O)n(-c3c(SC)ccnc3C(C)C)c3nc(-c4c(F)cccc4F)c(F)cc23)[C@@H](C)C1. The lowest BCUT2D eigenvalue weighted by molar-refractivity contribution is -0.126. The van der Waals surface area contributed by atoms with Crippen molar-refractivity contribution in [1.82, 2.24) is 24.4 Å². The molecule has 42 heavy (non-hydrogen) atoms. The second kappa shape index (κ2) is 11.6. The normalized spacial score (nSPS) is 15.5. The molecule has 1 aliphatic rings. The van der Waals surface area contributed by atoms with Crippen LogP contribution in [0, 0.1) is 17.5 Å². The van der Waals surface area contributed by atoms with E-state index in [-0.39, 0.29) is 34.7 Å². The fourth-order valence-corrected chi connectivity index (χ4v) is 5.88. The molecule has 1 saturated heterocycles. The van der Waals surface area contributed by atoms with Gasteiger partial charge < -0.3 is 9.80 Å². The highest BCUT2D eigenvalue weighted by atomic mass is 32.2. The number of amides is 1. The van der Waals surface area contributed by atoms with Gasteiger partial charge in [-0.1, -0.05) is 26.5 Å². The predicted molar refractivity (Wildman–Crippen MR) is 158 cm³/mol. The zero-order valence-corrected chi connectivity index (χ0v) is 24.4. The third kappa shape index (κ3) is 5.04. The molecule has 4 heterocycles. The van der Waals surface area contributed by atoms with Gasteiger partial charge >= 0.3 is 5.69 Å². The molecule has 1 aromatic carbocycles. The maximum atomic E-state index is 15.8. The fraction of sp³-hybridized carbons (Fsp3) is 0.300. The minimum Gasteiger partial charge on any atom is -0.350 e. The van der Waals surface area contributed by atoms with Gasteiger partial charge in [-0.2, -0.15) is 4.98 Å². The van der Waals surface area contributed by atoms with Crippen molar-refractivity contribution < 1.29 is 18.0 Å². The lowest BCUT2D eigenvalue weighted by Gasteiger charge is -2.40. The molecule has 1 fully saturated rings. The number of piperazine rings is 1. The van der Waals surface area contributed by atoms with Crippen LogP contribution in [-0.4, -0.2) is 62.3 Å². The molecule has 1 aliphatic heterocycles. The van der Waals surface area contributed by atoms with Crippen LogP contribution >= 0.6 is 11.8 Å². The second-order valence-electron chi connectivity index (χ2n) is 10.3. The number of hydrogen-bond donors (Lipinski definition) is 0. The van der Waals surface area contributed by atoms with Gasteiger partial charge in [-0.3, -0.25) is 9.78 Å². The Kier molecular flexibility index (Phi) is 8.09. The Morgan fingerprint density at radius 3 is 2.45 bits per heavy atom.